The van der Waals surface area contributed by atoms with Crippen molar-refractivity contribution in [3.63, 3.8) is 0 Å². The third-order valence-electron chi connectivity index (χ3n) is 5.61. The number of aryl methyl sites for hydroxylation is 1. The van der Waals surface area contributed by atoms with Crippen LogP contribution in [0.5, 0.6) is 0 Å². The van der Waals surface area contributed by atoms with E-state index in [0.717, 1.165) is 44.4 Å². The number of hydrogen-bond acceptors (Lipinski definition) is 3. The molecule has 1 saturated heterocycles. The first-order valence-corrected chi connectivity index (χ1v) is 11.0. The SMILES string of the molecule is CCNC(=NCc1ccnc(N2CCCC2)c1)NCCc1c[nH]c2cc(C)ccc12.I. The standard InChI is InChI=1S/C24H32N6.HI/c1-3-25-24(27-11-9-20-17-28-22-14-18(2)6-7-21(20)22)29-16-19-8-10-26-23(15-19)30-12-4-5-13-30;/h6-8,10,14-15,17,28H,3-5,9,11-13,16H2,1-2H3,(H2,25,27,29);1H. The van der Waals surface area contributed by atoms with Crippen molar-refractivity contribution in [1.29, 1.82) is 0 Å². The zero-order valence-electron chi connectivity index (χ0n) is 18.4. The third-order valence-corrected chi connectivity index (χ3v) is 5.61. The zero-order chi connectivity index (χ0) is 20.8. The van der Waals surface area contributed by atoms with Crippen LogP contribution in [-0.2, 0) is 13.0 Å². The fourth-order valence-corrected chi connectivity index (χ4v) is 4.01. The maximum absolute atomic E-state index is 4.78. The first kappa shape index (κ1) is 23.4. The van der Waals surface area contributed by atoms with Crippen molar-refractivity contribution >= 4 is 46.7 Å². The molecule has 0 amide bonds. The van der Waals surface area contributed by atoms with Crippen LogP contribution < -0.4 is 15.5 Å². The van der Waals surface area contributed by atoms with E-state index in [1.807, 2.05) is 6.20 Å². The molecule has 0 atom stereocenters. The first-order chi connectivity index (χ1) is 14.7. The van der Waals surface area contributed by atoms with Gasteiger partial charge in [-0.3, -0.25) is 0 Å². The number of aliphatic imine (C=N–C) groups is 1. The number of nitrogens with one attached hydrogen (secondary N) is 3. The second kappa shape index (κ2) is 11.4. The summed E-state index contributed by atoms with van der Waals surface area (Å²) in [5, 5.41) is 8.13. The summed E-state index contributed by atoms with van der Waals surface area (Å²) in [4.78, 5) is 15.1. The number of H-pyrrole nitrogens is 1. The summed E-state index contributed by atoms with van der Waals surface area (Å²) in [6.07, 6.45) is 7.48. The lowest BCUT2D eigenvalue weighted by molar-refractivity contribution is 0.801. The number of aromatic amines is 1. The quantitative estimate of drug-likeness (QED) is 0.240. The van der Waals surface area contributed by atoms with Crippen LogP contribution in [0.3, 0.4) is 0 Å². The van der Waals surface area contributed by atoms with E-state index in [1.165, 1.54) is 40.4 Å². The minimum absolute atomic E-state index is 0. The first-order valence-electron chi connectivity index (χ1n) is 11.0. The van der Waals surface area contributed by atoms with Gasteiger partial charge in [0.05, 0.1) is 6.54 Å². The number of rotatable bonds is 7. The maximum Gasteiger partial charge on any atom is 0.191 e. The Balaban J connectivity index is 0.00000272. The second-order valence-electron chi connectivity index (χ2n) is 7.95. The van der Waals surface area contributed by atoms with Crippen molar-refractivity contribution < 1.29 is 0 Å². The molecule has 0 aliphatic carbocycles. The number of fused-ring (bicyclic) bond motifs is 1. The van der Waals surface area contributed by atoms with E-state index in [2.05, 4.69) is 75.9 Å². The van der Waals surface area contributed by atoms with Crippen LogP contribution in [0.25, 0.3) is 10.9 Å². The highest BCUT2D eigenvalue weighted by Crippen LogP contribution is 2.20. The molecule has 0 saturated carbocycles. The van der Waals surface area contributed by atoms with Gasteiger partial charge in [-0.25, -0.2) is 9.98 Å². The number of benzene rings is 1. The van der Waals surface area contributed by atoms with E-state index in [-0.39, 0.29) is 24.0 Å². The van der Waals surface area contributed by atoms with Crippen LogP contribution in [0.15, 0.2) is 47.7 Å². The van der Waals surface area contributed by atoms with Crippen LogP contribution in [0.2, 0.25) is 0 Å². The Labute approximate surface area is 202 Å². The Morgan fingerprint density at radius 2 is 2.00 bits per heavy atom. The molecule has 3 heterocycles. The molecule has 4 rings (SSSR count). The van der Waals surface area contributed by atoms with Gasteiger partial charge in [0.1, 0.15) is 5.82 Å². The van der Waals surface area contributed by atoms with E-state index < -0.39 is 0 Å². The van der Waals surface area contributed by atoms with Crippen LogP contribution in [0.4, 0.5) is 5.82 Å². The Kier molecular flexibility index (Phi) is 8.57. The highest BCUT2D eigenvalue weighted by molar-refractivity contribution is 14.0. The number of anilines is 1. The second-order valence-corrected chi connectivity index (χ2v) is 7.95. The van der Waals surface area contributed by atoms with Gasteiger partial charge in [0.25, 0.3) is 0 Å². The van der Waals surface area contributed by atoms with Crippen LogP contribution >= 0.6 is 24.0 Å². The lowest BCUT2D eigenvalue weighted by Gasteiger charge is -2.16. The predicted molar refractivity (Wildman–Crippen MR) is 141 cm³/mol. The van der Waals surface area contributed by atoms with E-state index in [4.69, 9.17) is 4.99 Å². The van der Waals surface area contributed by atoms with Crippen LogP contribution in [0.1, 0.15) is 36.5 Å². The molecule has 3 aromatic rings. The summed E-state index contributed by atoms with van der Waals surface area (Å²) >= 11 is 0. The average Bonchev–Trinajstić information content (AvgIpc) is 3.42. The van der Waals surface area contributed by atoms with E-state index in [9.17, 15) is 0 Å². The molecule has 3 N–H and O–H groups in total. The summed E-state index contributed by atoms with van der Waals surface area (Å²) in [5.74, 6) is 1.93. The molecule has 7 heteroatoms. The third kappa shape index (κ3) is 6.12. The fraction of sp³-hybridized carbons (Fsp3) is 0.417. The Bertz CT molecular complexity index is 1010. The van der Waals surface area contributed by atoms with Crippen molar-refractivity contribution in [2.24, 2.45) is 4.99 Å². The summed E-state index contributed by atoms with van der Waals surface area (Å²) in [5.41, 5.74) is 5.01. The van der Waals surface area contributed by atoms with Crippen LogP contribution in [-0.4, -0.2) is 42.1 Å². The van der Waals surface area contributed by atoms with Gasteiger partial charge in [-0.2, -0.15) is 0 Å². The van der Waals surface area contributed by atoms with Crippen molar-refractivity contribution in [1.82, 2.24) is 20.6 Å². The predicted octanol–water partition coefficient (Wildman–Crippen LogP) is 4.39. The number of aromatic nitrogens is 2. The minimum Gasteiger partial charge on any atom is -0.361 e. The molecule has 2 aromatic heterocycles. The van der Waals surface area contributed by atoms with E-state index >= 15 is 0 Å². The highest BCUT2D eigenvalue weighted by atomic mass is 127. The van der Waals surface area contributed by atoms with Crippen molar-refractivity contribution in [3.05, 3.63) is 59.4 Å². The molecule has 6 nitrogen and oxygen atoms in total. The molecule has 1 fully saturated rings. The normalized spacial score (nSPS) is 14.0. The molecule has 0 radical (unpaired) electrons. The van der Waals surface area contributed by atoms with E-state index in [0.29, 0.717) is 6.54 Å². The molecule has 0 spiro atoms. The van der Waals surface area contributed by atoms with Crippen LogP contribution in [0, 0.1) is 6.92 Å². The number of hydrogen-bond donors (Lipinski definition) is 3. The van der Waals surface area contributed by atoms with Gasteiger partial charge in [-0.1, -0.05) is 12.1 Å². The van der Waals surface area contributed by atoms with Gasteiger partial charge in [-0.15, -0.1) is 24.0 Å². The van der Waals surface area contributed by atoms with Gasteiger partial charge in [-0.05, 0) is 68.0 Å². The van der Waals surface area contributed by atoms with Gasteiger partial charge in [0, 0.05) is 49.5 Å². The average molecular weight is 532 g/mol. The molecular formula is C24H33IN6. The Morgan fingerprint density at radius 3 is 2.81 bits per heavy atom. The monoisotopic (exact) mass is 532 g/mol. The highest BCUT2D eigenvalue weighted by Gasteiger charge is 2.13. The number of nitrogens with zero attached hydrogens (tertiary/aromatic N) is 3. The summed E-state index contributed by atoms with van der Waals surface area (Å²) in [7, 11) is 0. The van der Waals surface area contributed by atoms with E-state index in [1.54, 1.807) is 0 Å². The minimum atomic E-state index is 0. The molecular weight excluding hydrogens is 499 g/mol. The van der Waals surface area contributed by atoms with Crippen molar-refractivity contribution in [2.75, 3.05) is 31.1 Å². The van der Waals surface area contributed by atoms with Crippen molar-refractivity contribution in [3.8, 4) is 0 Å². The van der Waals surface area contributed by atoms with Gasteiger partial charge in [0.2, 0.25) is 0 Å². The summed E-state index contributed by atoms with van der Waals surface area (Å²) < 4.78 is 0. The fourth-order valence-electron chi connectivity index (χ4n) is 4.01. The Morgan fingerprint density at radius 1 is 1.16 bits per heavy atom. The van der Waals surface area contributed by atoms with Gasteiger partial charge < -0.3 is 20.5 Å². The lowest BCUT2D eigenvalue weighted by Crippen LogP contribution is -2.38. The molecule has 0 bridgehead atoms. The molecule has 1 aromatic carbocycles. The number of halogens is 1. The summed E-state index contributed by atoms with van der Waals surface area (Å²) in [6, 6.07) is 10.8. The maximum atomic E-state index is 4.78. The molecule has 1 aliphatic heterocycles. The lowest BCUT2D eigenvalue weighted by atomic mass is 10.1. The number of pyridine rings is 1. The van der Waals surface area contributed by atoms with Gasteiger partial charge >= 0.3 is 0 Å². The van der Waals surface area contributed by atoms with Crippen molar-refractivity contribution in [2.45, 2.75) is 39.7 Å². The number of guanidine groups is 1. The molecule has 1 aliphatic rings. The molecule has 166 valence electrons. The summed E-state index contributed by atoms with van der Waals surface area (Å²) in [6.45, 7) is 8.75. The largest absolute Gasteiger partial charge is 0.361 e. The topological polar surface area (TPSA) is 68.3 Å². The zero-order valence-corrected chi connectivity index (χ0v) is 20.8. The molecule has 0 unspecified atom stereocenters. The smallest absolute Gasteiger partial charge is 0.191 e. The molecule has 31 heavy (non-hydrogen) atoms. The van der Waals surface area contributed by atoms with Gasteiger partial charge in [0.15, 0.2) is 5.96 Å². The Hall–Kier alpha value is -2.29.